The summed E-state index contributed by atoms with van der Waals surface area (Å²) in [6.45, 7) is 13.1. The van der Waals surface area contributed by atoms with E-state index in [0.717, 1.165) is 34.1 Å². The van der Waals surface area contributed by atoms with Gasteiger partial charge in [-0.15, -0.1) is 5.10 Å². The van der Waals surface area contributed by atoms with Crippen LogP contribution < -0.4 is 10.5 Å². The van der Waals surface area contributed by atoms with Gasteiger partial charge in [-0.3, -0.25) is 19.8 Å². The van der Waals surface area contributed by atoms with E-state index < -0.39 is 11.0 Å². The van der Waals surface area contributed by atoms with Gasteiger partial charge in [0, 0.05) is 60.5 Å². The number of hydrogen-bond acceptors (Lipinski definition) is 8. The van der Waals surface area contributed by atoms with Crippen molar-refractivity contribution in [1.29, 1.82) is 0 Å². The average molecular weight is 531 g/mol. The Morgan fingerprint density at radius 2 is 1.77 bits per heavy atom. The lowest BCUT2D eigenvalue weighted by Gasteiger charge is -2.40. The molecule has 0 aliphatic carbocycles. The monoisotopic (exact) mass is 530 g/mol. The molecule has 1 atom stereocenters. The van der Waals surface area contributed by atoms with E-state index >= 15 is 0 Å². The van der Waals surface area contributed by atoms with Crippen LogP contribution in [0, 0.1) is 24.0 Å². The lowest BCUT2D eigenvalue weighted by atomic mass is 9.97. The van der Waals surface area contributed by atoms with E-state index in [1.165, 1.54) is 12.1 Å². The van der Waals surface area contributed by atoms with Gasteiger partial charge in [-0.2, -0.15) is 0 Å². The van der Waals surface area contributed by atoms with Gasteiger partial charge in [0.1, 0.15) is 6.04 Å². The largest absolute Gasteiger partial charge is 0.369 e. The molecule has 11 heteroatoms. The van der Waals surface area contributed by atoms with Crippen LogP contribution in [0.15, 0.2) is 47.3 Å². The molecule has 4 aromatic rings. The summed E-state index contributed by atoms with van der Waals surface area (Å²) in [7, 11) is 0. The molecular weight excluding hydrogens is 496 g/mol. The maximum absolute atomic E-state index is 13.6. The van der Waals surface area contributed by atoms with Gasteiger partial charge in [-0.05, 0) is 79.9 Å². The number of benzene rings is 2. The van der Waals surface area contributed by atoms with Crippen LogP contribution in [0.1, 0.15) is 55.7 Å². The van der Waals surface area contributed by atoms with Gasteiger partial charge in [0.15, 0.2) is 5.82 Å². The maximum atomic E-state index is 13.6. The van der Waals surface area contributed by atoms with E-state index in [2.05, 4.69) is 64.1 Å². The van der Waals surface area contributed by atoms with E-state index in [1.807, 2.05) is 23.7 Å². The Balaban J connectivity index is 1.54. The third-order valence-electron chi connectivity index (χ3n) is 7.92. The Labute approximate surface area is 226 Å². The second-order valence-electron chi connectivity index (χ2n) is 10.9. The zero-order valence-corrected chi connectivity index (χ0v) is 23.0. The minimum Gasteiger partial charge on any atom is -0.369 e. The molecule has 204 valence electrons. The van der Waals surface area contributed by atoms with Crippen LogP contribution in [0.2, 0.25) is 0 Å². The van der Waals surface area contributed by atoms with Gasteiger partial charge in [0.25, 0.3) is 11.2 Å². The van der Waals surface area contributed by atoms with Gasteiger partial charge < -0.3 is 9.88 Å². The molecule has 0 radical (unpaired) electrons. The zero-order chi connectivity index (χ0) is 27.9. The Hall–Kier alpha value is -4.12. The molecule has 0 amide bonds. The molecule has 1 aliphatic heterocycles. The number of rotatable bonds is 7. The van der Waals surface area contributed by atoms with Crippen LogP contribution in [0.3, 0.4) is 0 Å². The van der Waals surface area contributed by atoms with E-state index in [4.69, 9.17) is 0 Å². The predicted molar refractivity (Wildman–Crippen MR) is 150 cm³/mol. The predicted octanol–water partition coefficient (Wildman–Crippen LogP) is 4.10. The number of pyridine rings is 1. The highest BCUT2D eigenvalue weighted by Crippen LogP contribution is 2.32. The SMILES string of the molecule is CCC(C)(C)n1nnnc1[C@H](c1cc2c(C)cc(C)cc2[nH]c1=O)N1CCN(c2ccc([N+](=O)[O-])cc2)CC1. The number of aromatic amines is 1. The van der Waals surface area contributed by atoms with E-state index in [9.17, 15) is 14.9 Å². The minimum absolute atomic E-state index is 0.0730. The standard InChI is InChI=1S/C28H34N8O3/c1-6-28(4,5)35-26(30-31-32-35)25(23-17-22-19(3)15-18(2)16-24(22)29-27(23)37)34-13-11-33(12-14-34)20-7-9-21(10-8-20)36(38)39/h7-10,15-17,25H,6,11-14H2,1-5H3,(H,29,37)/t25-/m0/s1. The number of fused-ring (bicyclic) bond motifs is 1. The van der Waals surface area contributed by atoms with Crippen molar-refractivity contribution >= 4 is 22.3 Å². The topological polar surface area (TPSA) is 126 Å². The number of nitrogens with one attached hydrogen (secondary N) is 1. The Bertz CT molecular complexity index is 1570. The van der Waals surface area contributed by atoms with Crippen LogP contribution in [0.4, 0.5) is 11.4 Å². The van der Waals surface area contributed by atoms with E-state index in [1.54, 1.807) is 12.1 Å². The number of piperazine rings is 1. The molecule has 1 N–H and O–H groups in total. The summed E-state index contributed by atoms with van der Waals surface area (Å²) in [5, 5.41) is 24.9. The summed E-state index contributed by atoms with van der Waals surface area (Å²) >= 11 is 0. The first-order valence-electron chi connectivity index (χ1n) is 13.3. The molecule has 5 rings (SSSR count). The normalized spacial score (nSPS) is 15.6. The van der Waals surface area contributed by atoms with Crippen molar-refractivity contribution in [2.75, 3.05) is 31.1 Å². The number of nitro groups is 1. The molecule has 1 saturated heterocycles. The number of nitrogens with zero attached hydrogens (tertiary/aromatic N) is 7. The summed E-state index contributed by atoms with van der Waals surface area (Å²) in [6.07, 6.45) is 0.818. The molecule has 1 fully saturated rings. The summed E-state index contributed by atoms with van der Waals surface area (Å²) in [6, 6.07) is 12.3. The Kier molecular flexibility index (Phi) is 6.94. The molecule has 0 unspecified atom stereocenters. The van der Waals surface area contributed by atoms with E-state index in [0.29, 0.717) is 37.6 Å². The zero-order valence-electron chi connectivity index (χ0n) is 23.0. The van der Waals surface area contributed by atoms with Crippen LogP contribution in [-0.4, -0.2) is 61.2 Å². The van der Waals surface area contributed by atoms with Crippen LogP contribution in [0.5, 0.6) is 0 Å². The van der Waals surface area contributed by atoms with Crippen molar-refractivity contribution < 1.29 is 4.92 Å². The molecule has 3 heterocycles. The van der Waals surface area contributed by atoms with Gasteiger partial charge >= 0.3 is 0 Å². The van der Waals surface area contributed by atoms with E-state index in [-0.39, 0.29) is 16.8 Å². The second-order valence-corrected chi connectivity index (χ2v) is 10.9. The molecular formula is C28H34N8O3. The minimum atomic E-state index is -0.446. The highest BCUT2D eigenvalue weighted by molar-refractivity contribution is 5.83. The third kappa shape index (κ3) is 5.01. The lowest BCUT2D eigenvalue weighted by molar-refractivity contribution is -0.384. The van der Waals surface area contributed by atoms with Crippen molar-refractivity contribution in [1.82, 2.24) is 30.1 Å². The van der Waals surface area contributed by atoms with Crippen molar-refractivity contribution in [3.05, 3.63) is 85.4 Å². The average Bonchev–Trinajstić information content (AvgIpc) is 3.40. The molecule has 39 heavy (non-hydrogen) atoms. The lowest BCUT2D eigenvalue weighted by Crippen LogP contribution is -2.49. The first kappa shape index (κ1) is 26.5. The van der Waals surface area contributed by atoms with Crippen molar-refractivity contribution in [3.63, 3.8) is 0 Å². The molecule has 2 aromatic carbocycles. The molecule has 0 spiro atoms. The molecule has 0 saturated carbocycles. The fourth-order valence-corrected chi connectivity index (χ4v) is 5.36. The summed E-state index contributed by atoms with van der Waals surface area (Å²) in [5.74, 6) is 0.639. The van der Waals surface area contributed by atoms with Crippen molar-refractivity contribution in [2.45, 2.75) is 52.6 Å². The van der Waals surface area contributed by atoms with Crippen LogP contribution in [-0.2, 0) is 5.54 Å². The number of hydrogen-bond donors (Lipinski definition) is 1. The highest BCUT2D eigenvalue weighted by Gasteiger charge is 2.35. The number of tetrazole rings is 1. The van der Waals surface area contributed by atoms with Gasteiger partial charge in [-0.25, -0.2) is 4.68 Å². The van der Waals surface area contributed by atoms with Crippen molar-refractivity contribution in [2.24, 2.45) is 0 Å². The van der Waals surface area contributed by atoms with Crippen molar-refractivity contribution in [3.8, 4) is 0 Å². The Morgan fingerprint density at radius 1 is 1.08 bits per heavy atom. The fourth-order valence-electron chi connectivity index (χ4n) is 5.36. The third-order valence-corrected chi connectivity index (χ3v) is 7.92. The second kappa shape index (κ2) is 10.2. The highest BCUT2D eigenvalue weighted by atomic mass is 16.6. The van der Waals surface area contributed by atoms with Gasteiger partial charge in [0.05, 0.1) is 10.5 Å². The maximum Gasteiger partial charge on any atom is 0.269 e. The molecule has 11 nitrogen and oxygen atoms in total. The fraction of sp³-hybridized carbons (Fsp3) is 0.429. The summed E-state index contributed by atoms with van der Waals surface area (Å²) in [4.78, 5) is 31.9. The number of anilines is 1. The number of nitro benzene ring substituents is 1. The number of H-pyrrole nitrogens is 1. The number of non-ortho nitro benzene ring substituents is 1. The quantitative estimate of drug-likeness (QED) is 0.280. The van der Waals surface area contributed by atoms with Crippen LogP contribution in [0.25, 0.3) is 10.9 Å². The first-order valence-corrected chi connectivity index (χ1v) is 13.3. The number of aryl methyl sites for hydroxylation is 2. The molecule has 2 aromatic heterocycles. The molecule has 0 bridgehead atoms. The van der Waals surface area contributed by atoms with Crippen LogP contribution >= 0.6 is 0 Å². The Morgan fingerprint density at radius 3 is 2.41 bits per heavy atom. The number of aromatic nitrogens is 5. The summed E-state index contributed by atoms with van der Waals surface area (Å²) < 4.78 is 1.85. The smallest absolute Gasteiger partial charge is 0.269 e. The first-order chi connectivity index (χ1) is 18.6. The summed E-state index contributed by atoms with van der Waals surface area (Å²) in [5.41, 5.74) is 4.13. The molecule has 1 aliphatic rings. The van der Waals surface area contributed by atoms with Gasteiger partial charge in [0.2, 0.25) is 0 Å². The van der Waals surface area contributed by atoms with Gasteiger partial charge in [-0.1, -0.05) is 13.0 Å².